The van der Waals surface area contributed by atoms with E-state index in [1.807, 2.05) is 0 Å². The Morgan fingerprint density at radius 2 is 2.25 bits per heavy atom. The number of aromatic nitrogens is 2. The topological polar surface area (TPSA) is 85.5 Å². The van der Waals surface area contributed by atoms with E-state index in [1.165, 1.54) is 6.39 Å². The third kappa shape index (κ3) is 2.17. The minimum Gasteiger partial charge on any atom is -0.481 e. The predicted molar refractivity (Wildman–Crippen MR) is 52.9 cm³/mol. The van der Waals surface area contributed by atoms with Crippen molar-refractivity contribution in [3.05, 3.63) is 30.7 Å². The molecule has 0 unspecified atom stereocenters. The van der Waals surface area contributed by atoms with Gasteiger partial charge in [0.1, 0.15) is 5.75 Å². The second kappa shape index (κ2) is 4.43. The van der Waals surface area contributed by atoms with Gasteiger partial charge in [-0.15, -0.1) is 10.2 Å². The highest BCUT2D eigenvalue weighted by atomic mass is 16.5. The van der Waals surface area contributed by atoms with Crippen molar-refractivity contribution in [1.29, 1.82) is 0 Å². The molecule has 0 aliphatic heterocycles. The van der Waals surface area contributed by atoms with E-state index in [0.717, 1.165) is 0 Å². The van der Waals surface area contributed by atoms with Gasteiger partial charge < -0.3 is 14.3 Å². The van der Waals surface area contributed by atoms with Crippen LogP contribution < -0.4 is 4.74 Å². The number of benzene rings is 1. The van der Waals surface area contributed by atoms with Crippen LogP contribution in [0.15, 0.2) is 35.1 Å². The predicted octanol–water partition coefficient (Wildman–Crippen LogP) is 1.20. The zero-order valence-electron chi connectivity index (χ0n) is 8.16. The maximum Gasteiger partial charge on any atom is 0.341 e. The molecule has 2 aromatic rings. The fourth-order valence-corrected chi connectivity index (χ4v) is 1.20. The van der Waals surface area contributed by atoms with Gasteiger partial charge in [0.2, 0.25) is 6.39 Å². The number of nitrogens with zero attached hydrogens (tertiary/aromatic N) is 2. The molecule has 0 spiro atoms. The van der Waals surface area contributed by atoms with E-state index < -0.39 is 12.6 Å². The number of ether oxygens (including phenoxy) is 1. The summed E-state index contributed by atoms with van der Waals surface area (Å²) in [5, 5.41) is 15.8. The number of rotatable bonds is 4. The molecule has 0 atom stereocenters. The summed E-state index contributed by atoms with van der Waals surface area (Å²) in [7, 11) is 0. The first-order valence-electron chi connectivity index (χ1n) is 4.47. The van der Waals surface area contributed by atoms with Crippen molar-refractivity contribution < 1.29 is 19.1 Å². The molecule has 2 rings (SSSR count). The Labute approximate surface area is 90.5 Å². The van der Waals surface area contributed by atoms with E-state index in [1.54, 1.807) is 24.3 Å². The molecule has 0 bridgehead atoms. The van der Waals surface area contributed by atoms with E-state index in [-0.39, 0.29) is 0 Å². The lowest BCUT2D eigenvalue weighted by molar-refractivity contribution is -0.139. The van der Waals surface area contributed by atoms with Gasteiger partial charge in [0.05, 0.1) is 5.56 Å². The van der Waals surface area contributed by atoms with E-state index in [9.17, 15) is 4.79 Å². The monoisotopic (exact) mass is 220 g/mol. The molecule has 0 aliphatic rings. The molecule has 1 N–H and O–H groups in total. The summed E-state index contributed by atoms with van der Waals surface area (Å²) in [5.74, 6) is -0.351. The number of carbonyl (C=O) groups is 1. The molecule has 0 amide bonds. The third-order valence-electron chi connectivity index (χ3n) is 1.83. The molecule has 1 heterocycles. The molecule has 1 aromatic carbocycles. The molecule has 0 fully saturated rings. The van der Waals surface area contributed by atoms with Crippen molar-refractivity contribution in [1.82, 2.24) is 10.2 Å². The second-order valence-electron chi connectivity index (χ2n) is 2.92. The number of carboxylic acid groups (broad SMARTS) is 1. The standard InChI is InChI=1S/C10H8N2O4/c13-9(14)5-15-8-4-2-1-3-7(8)10-12-11-6-16-10/h1-4,6H,5H2,(H,13,14). The normalized spacial score (nSPS) is 10.0. The maximum atomic E-state index is 10.4. The number of carboxylic acids is 1. The van der Waals surface area contributed by atoms with Gasteiger partial charge in [-0.05, 0) is 12.1 Å². The van der Waals surface area contributed by atoms with Gasteiger partial charge in [0, 0.05) is 0 Å². The van der Waals surface area contributed by atoms with Crippen molar-refractivity contribution in [2.75, 3.05) is 6.61 Å². The van der Waals surface area contributed by atoms with E-state index in [4.69, 9.17) is 14.3 Å². The van der Waals surface area contributed by atoms with Crippen LogP contribution in [0.1, 0.15) is 0 Å². The van der Waals surface area contributed by atoms with Crippen molar-refractivity contribution in [2.24, 2.45) is 0 Å². The molecule has 16 heavy (non-hydrogen) atoms. The van der Waals surface area contributed by atoms with Crippen LogP contribution in [0.3, 0.4) is 0 Å². The summed E-state index contributed by atoms with van der Waals surface area (Å²) < 4.78 is 10.1. The average Bonchev–Trinajstić information content (AvgIpc) is 2.80. The molecule has 6 heteroatoms. The number of hydrogen-bond acceptors (Lipinski definition) is 5. The van der Waals surface area contributed by atoms with E-state index >= 15 is 0 Å². The molecule has 0 saturated heterocycles. The molecule has 6 nitrogen and oxygen atoms in total. The van der Waals surface area contributed by atoms with Gasteiger partial charge in [0.25, 0.3) is 5.89 Å². The lowest BCUT2D eigenvalue weighted by Crippen LogP contribution is -2.09. The lowest BCUT2D eigenvalue weighted by atomic mass is 10.2. The van der Waals surface area contributed by atoms with Gasteiger partial charge in [-0.3, -0.25) is 0 Å². The maximum absolute atomic E-state index is 10.4. The number of hydrogen-bond donors (Lipinski definition) is 1. The van der Waals surface area contributed by atoms with Gasteiger partial charge in [-0.2, -0.15) is 0 Å². The van der Waals surface area contributed by atoms with Gasteiger partial charge in [-0.1, -0.05) is 12.1 Å². The smallest absolute Gasteiger partial charge is 0.341 e. The zero-order chi connectivity index (χ0) is 11.4. The largest absolute Gasteiger partial charge is 0.481 e. The van der Waals surface area contributed by atoms with Crippen LogP contribution >= 0.6 is 0 Å². The molecule has 0 saturated carbocycles. The van der Waals surface area contributed by atoms with Crippen LogP contribution in [-0.4, -0.2) is 27.9 Å². The lowest BCUT2D eigenvalue weighted by Gasteiger charge is -2.06. The highest BCUT2D eigenvalue weighted by molar-refractivity contribution is 5.69. The highest BCUT2D eigenvalue weighted by Crippen LogP contribution is 2.27. The Balaban J connectivity index is 2.27. The van der Waals surface area contributed by atoms with E-state index in [0.29, 0.717) is 17.2 Å². The summed E-state index contributed by atoms with van der Waals surface area (Å²) in [5.41, 5.74) is 0.571. The molecule has 82 valence electrons. The number of para-hydroxylation sites is 1. The summed E-state index contributed by atoms with van der Waals surface area (Å²) in [6, 6.07) is 6.86. The van der Waals surface area contributed by atoms with Crippen LogP contribution in [0.2, 0.25) is 0 Å². The molecule has 0 radical (unpaired) electrons. The fraction of sp³-hybridized carbons (Fsp3) is 0.100. The van der Waals surface area contributed by atoms with Gasteiger partial charge in [-0.25, -0.2) is 4.79 Å². The van der Waals surface area contributed by atoms with Crippen LogP contribution in [0.4, 0.5) is 0 Å². The third-order valence-corrected chi connectivity index (χ3v) is 1.83. The van der Waals surface area contributed by atoms with Crippen molar-refractivity contribution in [2.45, 2.75) is 0 Å². The summed E-state index contributed by atoms with van der Waals surface area (Å²) in [6.45, 7) is -0.412. The Hall–Kier alpha value is -2.37. The summed E-state index contributed by atoms with van der Waals surface area (Å²) in [6.07, 6.45) is 1.20. The first kappa shape index (κ1) is 10.2. The number of aliphatic carboxylic acids is 1. The van der Waals surface area contributed by atoms with Gasteiger partial charge >= 0.3 is 5.97 Å². The van der Waals surface area contributed by atoms with Gasteiger partial charge in [0.15, 0.2) is 6.61 Å². The zero-order valence-corrected chi connectivity index (χ0v) is 8.16. The first-order chi connectivity index (χ1) is 7.77. The molecule has 0 aliphatic carbocycles. The molecular weight excluding hydrogens is 212 g/mol. The fourth-order valence-electron chi connectivity index (χ4n) is 1.20. The highest BCUT2D eigenvalue weighted by Gasteiger charge is 2.11. The van der Waals surface area contributed by atoms with Crippen LogP contribution in [0.25, 0.3) is 11.5 Å². The Morgan fingerprint density at radius 3 is 2.94 bits per heavy atom. The minimum atomic E-state index is -1.04. The molecule has 1 aromatic heterocycles. The van der Waals surface area contributed by atoms with Crippen LogP contribution in [-0.2, 0) is 4.79 Å². The van der Waals surface area contributed by atoms with Crippen molar-refractivity contribution in [3.63, 3.8) is 0 Å². The van der Waals surface area contributed by atoms with E-state index in [2.05, 4.69) is 10.2 Å². The quantitative estimate of drug-likeness (QED) is 0.833. The second-order valence-corrected chi connectivity index (χ2v) is 2.92. The van der Waals surface area contributed by atoms with Crippen LogP contribution in [0.5, 0.6) is 5.75 Å². The Bertz CT molecular complexity index is 481. The van der Waals surface area contributed by atoms with Crippen molar-refractivity contribution >= 4 is 5.97 Å². The van der Waals surface area contributed by atoms with Crippen LogP contribution in [0, 0.1) is 0 Å². The average molecular weight is 220 g/mol. The van der Waals surface area contributed by atoms with Crippen molar-refractivity contribution in [3.8, 4) is 17.2 Å². The SMILES string of the molecule is O=C(O)COc1ccccc1-c1nnco1. The molecular formula is C10H8N2O4. The minimum absolute atomic E-state index is 0.293. The Morgan fingerprint density at radius 1 is 1.44 bits per heavy atom. The Kier molecular flexibility index (Phi) is 2.81. The summed E-state index contributed by atoms with van der Waals surface area (Å²) >= 11 is 0. The summed E-state index contributed by atoms with van der Waals surface area (Å²) in [4.78, 5) is 10.4. The first-order valence-corrected chi connectivity index (χ1v) is 4.47.